The Labute approximate surface area is 156 Å². The van der Waals surface area contributed by atoms with Crippen molar-refractivity contribution in [2.75, 3.05) is 32.8 Å². The Bertz CT molecular complexity index is 670. The van der Waals surface area contributed by atoms with Gasteiger partial charge in [-0.25, -0.2) is 0 Å². The van der Waals surface area contributed by atoms with Crippen molar-refractivity contribution in [1.29, 1.82) is 0 Å². The molecule has 1 aliphatic rings. The lowest BCUT2D eigenvalue weighted by Crippen LogP contribution is -2.51. The Morgan fingerprint density at radius 1 is 1.15 bits per heavy atom. The lowest BCUT2D eigenvalue weighted by atomic mass is 10.0. The zero-order chi connectivity index (χ0) is 18.2. The van der Waals surface area contributed by atoms with Crippen molar-refractivity contribution in [1.82, 2.24) is 15.2 Å². The summed E-state index contributed by atoms with van der Waals surface area (Å²) in [6, 6.07) is 12.2. The zero-order valence-corrected chi connectivity index (χ0v) is 15.8. The van der Waals surface area contributed by atoms with E-state index >= 15 is 0 Å². The van der Waals surface area contributed by atoms with Crippen LogP contribution in [0.1, 0.15) is 25.0 Å². The molecule has 0 aliphatic carbocycles. The highest BCUT2D eigenvalue weighted by Crippen LogP contribution is 2.20. The minimum absolute atomic E-state index is 0.0216. The quantitative estimate of drug-likeness (QED) is 0.789. The van der Waals surface area contributed by atoms with E-state index in [0.29, 0.717) is 6.61 Å². The summed E-state index contributed by atoms with van der Waals surface area (Å²) in [5, 5.41) is 3.69. The Kier molecular flexibility index (Phi) is 6.61. The van der Waals surface area contributed by atoms with Crippen molar-refractivity contribution >= 4 is 0 Å². The number of para-hydroxylation sites is 1. The second kappa shape index (κ2) is 9.12. The summed E-state index contributed by atoms with van der Waals surface area (Å²) in [5.41, 5.74) is 2.27. The maximum Gasteiger partial charge on any atom is 0.124 e. The summed E-state index contributed by atoms with van der Waals surface area (Å²) in [5.74, 6) is 0.922. The van der Waals surface area contributed by atoms with E-state index in [4.69, 9.17) is 9.47 Å². The fourth-order valence-corrected chi connectivity index (χ4v) is 3.14. The summed E-state index contributed by atoms with van der Waals surface area (Å²) in [7, 11) is 0. The number of nitrogens with zero attached hydrogens (tertiary/aromatic N) is 2. The van der Waals surface area contributed by atoms with Gasteiger partial charge in [-0.15, -0.1) is 0 Å². The average Bonchev–Trinajstić information content (AvgIpc) is 2.67. The molecule has 0 unspecified atom stereocenters. The molecule has 1 aromatic carbocycles. The highest BCUT2D eigenvalue weighted by Gasteiger charge is 2.23. The third kappa shape index (κ3) is 5.80. The first-order chi connectivity index (χ1) is 12.6. The zero-order valence-electron chi connectivity index (χ0n) is 15.8. The van der Waals surface area contributed by atoms with Gasteiger partial charge in [-0.1, -0.05) is 24.3 Å². The summed E-state index contributed by atoms with van der Waals surface area (Å²) in [4.78, 5) is 6.60. The van der Waals surface area contributed by atoms with Crippen LogP contribution in [0.25, 0.3) is 0 Å². The summed E-state index contributed by atoms with van der Waals surface area (Å²) >= 11 is 0. The monoisotopic (exact) mass is 355 g/mol. The van der Waals surface area contributed by atoms with Crippen LogP contribution in [0.3, 0.4) is 0 Å². The molecule has 1 aromatic heterocycles. The molecule has 0 amide bonds. The summed E-state index contributed by atoms with van der Waals surface area (Å²) in [6.45, 7) is 10.5. The third-order valence-corrected chi connectivity index (χ3v) is 4.57. The topological polar surface area (TPSA) is 46.6 Å². The van der Waals surface area contributed by atoms with E-state index in [1.54, 1.807) is 6.20 Å². The van der Waals surface area contributed by atoms with E-state index in [9.17, 15) is 0 Å². The Morgan fingerprint density at radius 3 is 2.73 bits per heavy atom. The SMILES string of the molecule is CC(C)(CN1CCOCC1)NCc1ccccc1OCc1cccnc1. The van der Waals surface area contributed by atoms with Crippen LogP contribution >= 0.6 is 0 Å². The van der Waals surface area contributed by atoms with Crippen LogP contribution in [0.2, 0.25) is 0 Å². The largest absolute Gasteiger partial charge is 0.489 e. The van der Waals surface area contributed by atoms with Gasteiger partial charge in [0, 0.05) is 55.2 Å². The van der Waals surface area contributed by atoms with E-state index < -0.39 is 0 Å². The smallest absolute Gasteiger partial charge is 0.124 e. The number of hydrogen-bond donors (Lipinski definition) is 1. The molecule has 5 heteroatoms. The molecule has 0 spiro atoms. The molecule has 1 aliphatic heterocycles. The summed E-state index contributed by atoms with van der Waals surface area (Å²) < 4.78 is 11.5. The first-order valence-corrected chi connectivity index (χ1v) is 9.27. The van der Waals surface area contributed by atoms with Gasteiger partial charge < -0.3 is 14.8 Å². The van der Waals surface area contributed by atoms with Gasteiger partial charge >= 0.3 is 0 Å². The average molecular weight is 355 g/mol. The predicted octanol–water partition coefficient (Wildman–Crippen LogP) is 2.86. The van der Waals surface area contributed by atoms with Crippen molar-refractivity contribution < 1.29 is 9.47 Å². The van der Waals surface area contributed by atoms with Gasteiger partial charge in [0.05, 0.1) is 13.2 Å². The van der Waals surface area contributed by atoms with Crippen LogP contribution in [0.15, 0.2) is 48.8 Å². The van der Waals surface area contributed by atoms with Crippen LogP contribution in [0.5, 0.6) is 5.75 Å². The molecule has 2 heterocycles. The number of aromatic nitrogens is 1. The van der Waals surface area contributed by atoms with E-state index in [-0.39, 0.29) is 5.54 Å². The lowest BCUT2D eigenvalue weighted by Gasteiger charge is -2.35. The van der Waals surface area contributed by atoms with Gasteiger partial charge in [-0.05, 0) is 26.0 Å². The number of morpholine rings is 1. The van der Waals surface area contributed by atoms with Crippen molar-refractivity contribution in [2.24, 2.45) is 0 Å². The third-order valence-electron chi connectivity index (χ3n) is 4.57. The molecule has 0 saturated carbocycles. The molecule has 0 bridgehead atoms. The van der Waals surface area contributed by atoms with E-state index in [1.165, 1.54) is 5.56 Å². The molecule has 26 heavy (non-hydrogen) atoms. The maximum atomic E-state index is 6.03. The van der Waals surface area contributed by atoms with E-state index in [0.717, 1.165) is 50.7 Å². The first kappa shape index (κ1) is 18.8. The highest BCUT2D eigenvalue weighted by molar-refractivity contribution is 5.33. The molecule has 0 radical (unpaired) electrons. The van der Waals surface area contributed by atoms with Gasteiger partial charge in [0.15, 0.2) is 0 Å². The molecule has 140 valence electrons. The maximum absolute atomic E-state index is 6.03. The van der Waals surface area contributed by atoms with E-state index in [1.807, 2.05) is 30.5 Å². The minimum atomic E-state index is 0.0216. The fraction of sp³-hybridized carbons (Fsp3) is 0.476. The van der Waals surface area contributed by atoms with Crippen molar-refractivity contribution in [2.45, 2.75) is 32.5 Å². The van der Waals surface area contributed by atoms with Gasteiger partial charge in [0.1, 0.15) is 12.4 Å². The second-order valence-electron chi connectivity index (χ2n) is 7.38. The molecule has 1 N–H and O–H groups in total. The number of pyridine rings is 1. The van der Waals surface area contributed by atoms with Crippen LogP contribution < -0.4 is 10.1 Å². The standard InChI is InChI=1S/C21H29N3O2/c1-21(2,17-24-10-12-25-13-11-24)23-15-19-7-3-4-8-20(19)26-16-18-6-5-9-22-14-18/h3-9,14,23H,10-13,15-17H2,1-2H3. The minimum Gasteiger partial charge on any atom is -0.489 e. The molecular weight excluding hydrogens is 326 g/mol. The van der Waals surface area contributed by atoms with Crippen LogP contribution in [0.4, 0.5) is 0 Å². The van der Waals surface area contributed by atoms with Crippen molar-refractivity contribution in [3.05, 3.63) is 59.9 Å². The molecule has 5 nitrogen and oxygen atoms in total. The normalized spacial score (nSPS) is 15.8. The Balaban J connectivity index is 1.55. The molecule has 1 saturated heterocycles. The first-order valence-electron chi connectivity index (χ1n) is 9.27. The fourth-order valence-electron chi connectivity index (χ4n) is 3.14. The van der Waals surface area contributed by atoms with Crippen molar-refractivity contribution in [3.8, 4) is 5.75 Å². The van der Waals surface area contributed by atoms with E-state index in [2.05, 4.69) is 41.2 Å². The molecule has 1 fully saturated rings. The van der Waals surface area contributed by atoms with Crippen molar-refractivity contribution in [3.63, 3.8) is 0 Å². The van der Waals surface area contributed by atoms with Gasteiger partial charge in [0.25, 0.3) is 0 Å². The number of benzene rings is 1. The number of ether oxygens (including phenoxy) is 2. The molecule has 0 atom stereocenters. The molecule has 3 rings (SSSR count). The number of hydrogen-bond acceptors (Lipinski definition) is 5. The van der Waals surface area contributed by atoms with Crippen LogP contribution in [0, 0.1) is 0 Å². The molecular formula is C21H29N3O2. The summed E-state index contributed by atoms with van der Waals surface area (Å²) in [6.07, 6.45) is 3.62. The Morgan fingerprint density at radius 2 is 1.96 bits per heavy atom. The number of nitrogens with one attached hydrogen (secondary N) is 1. The number of rotatable bonds is 8. The van der Waals surface area contributed by atoms with Gasteiger partial charge in [0.2, 0.25) is 0 Å². The Hall–Kier alpha value is -1.95. The predicted molar refractivity (Wildman–Crippen MR) is 103 cm³/mol. The second-order valence-corrected chi connectivity index (χ2v) is 7.38. The van der Waals surface area contributed by atoms with Gasteiger partial charge in [-0.3, -0.25) is 9.88 Å². The van der Waals surface area contributed by atoms with Gasteiger partial charge in [-0.2, -0.15) is 0 Å². The van der Waals surface area contributed by atoms with Crippen LogP contribution in [-0.2, 0) is 17.9 Å². The molecule has 2 aromatic rings. The lowest BCUT2D eigenvalue weighted by molar-refractivity contribution is 0.0268. The van der Waals surface area contributed by atoms with Crippen LogP contribution in [-0.4, -0.2) is 48.3 Å². The highest BCUT2D eigenvalue weighted by atomic mass is 16.5.